The smallest absolute Gasteiger partial charge is 0.395 e. The summed E-state index contributed by atoms with van der Waals surface area (Å²) >= 11 is 0. The van der Waals surface area contributed by atoms with E-state index in [2.05, 4.69) is 25.5 Å². The van der Waals surface area contributed by atoms with E-state index >= 15 is 0 Å². The molecule has 0 fully saturated rings. The molecule has 4 heterocycles. The third kappa shape index (κ3) is 3.48. The summed E-state index contributed by atoms with van der Waals surface area (Å²) < 4.78 is 21.6. The average Bonchev–Trinajstić information content (AvgIpc) is 3.52. The number of fused-ring (bicyclic) bond motifs is 1. The van der Waals surface area contributed by atoms with Gasteiger partial charge in [-0.1, -0.05) is 12.1 Å². The Balaban J connectivity index is 1.57. The van der Waals surface area contributed by atoms with Crippen LogP contribution in [0.5, 0.6) is 0 Å². The Morgan fingerprint density at radius 3 is 2.76 bits per heavy atom. The first-order valence-electron chi connectivity index (χ1n) is 9.67. The Morgan fingerprint density at radius 2 is 2.03 bits per heavy atom. The van der Waals surface area contributed by atoms with Crippen molar-refractivity contribution in [3.63, 3.8) is 0 Å². The minimum absolute atomic E-state index is 0.0657. The zero-order valence-electron chi connectivity index (χ0n) is 17.2. The third-order valence-electron chi connectivity index (χ3n) is 4.78. The fourth-order valence-corrected chi connectivity index (χ4v) is 3.28. The molecule has 1 amide bonds. The van der Waals surface area contributed by atoms with E-state index in [4.69, 9.17) is 4.42 Å². The summed E-state index contributed by atoms with van der Waals surface area (Å²) in [4.78, 5) is 42.2. The van der Waals surface area contributed by atoms with Crippen LogP contribution in [0.15, 0.2) is 57.9 Å². The summed E-state index contributed by atoms with van der Waals surface area (Å²) in [6, 6.07) is 9.56. The van der Waals surface area contributed by atoms with Gasteiger partial charge in [0, 0.05) is 6.07 Å². The lowest BCUT2D eigenvalue weighted by Gasteiger charge is -2.08. The number of halogens is 1. The van der Waals surface area contributed by atoms with Crippen molar-refractivity contribution in [3.8, 4) is 11.6 Å². The van der Waals surface area contributed by atoms with Gasteiger partial charge in [0.05, 0.1) is 18.0 Å². The van der Waals surface area contributed by atoms with E-state index in [1.165, 1.54) is 35.1 Å². The number of amides is 1. The van der Waals surface area contributed by atoms with Crippen molar-refractivity contribution in [3.05, 3.63) is 86.4 Å². The molecule has 13 nitrogen and oxygen atoms in total. The number of nitrogens with zero attached hydrogens (tertiary/aromatic N) is 6. The van der Waals surface area contributed by atoms with E-state index in [1.54, 1.807) is 13.0 Å². The van der Waals surface area contributed by atoms with E-state index in [0.717, 1.165) is 16.8 Å². The zero-order valence-corrected chi connectivity index (χ0v) is 17.2. The molecule has 4 aromatic heterocycles. The van der Waals surface area contributed by atoms with Gasteiger partial charge in [0.1, 0.15) is 27.6 Å². The highest BCUT2D eigenvalue weighted by Crippen LogP contribution is 2.21. The molecular formula is C20H13FN8O5. The molecule has 5 rings (SSSR count). The van der Waals surface area contributed by atoms with E-state index in [9.17, 15) is 24.1 Å². The quantitative estimate of drug-likeness (QED) is 0.295. The van der Waals surface area contributed by atoms with Crippen LogP contribution in [0.1, 0.15) is 16.2 Å². The van der Waals surface area contributed by atoms with Crippen molar-refractivity contribution >= 4 is 28.6 Å². The molecule has 5 aromatic rings. The van der Waals surface area contributed by atoms with Crippen molar-refractivity contribution < 1.29 is 18.5 Å². The molecular weight excluding hydrogens is 451 g/mol. The molecule has 0 spiro atoms. The van der Waals surface area contributed by atoms with E-state index < -0.39 is 28.1 Å². The second-order valence-corrected chi connectivity index (χ2v) is 7.07. The van der Waals surface area contributed by atoms with Gasteiger partial charge >= 0.3 is 5.88 Å². The Hall–Kier alpha value is -5.14. The molecule has 170 valence electrons. The van der Waals surface area contributed by atoms with Crippen LogP contribution >= 0.6 is 0 Å². The summed E-state index contributed by atoms with van der Waals surface area (Å²) in [6.07, 6.45) is 1.26. The minimum Gasteiger partial charge on any atom is -0.395 e. The number of aryl methyl sites for hydroxylation is 1. The second-order valence-electron chi connectivity index (χ2n) is 7.07. The van der Waals surface area contributed by atoms with Crippen LogP contribution in [0.2, 0.25) is 0 Å². The molecule has 0 saturated carbocycles. The molecule has 0 unspecified atom stereocenters. The Kier molecular flexibility index (Phi) is 4.74. The van der Waals surface area contributed by atoms with Gasteiger partial charge in [0.25, 0.3) is 11.5 Å². The van der Waals surface area contributed by atoms with Crippen molar-refractivity contribution in [1.82, 2.24) is 29.5 Å². The van der Waals surface area contributed by atoms with Gasteiger partial charge in [-0.3, -0.25) is 24.7 Å². The van der Waals surface area contributed by atoms with Gasteiger partial charge < -0.3 is 9.73 Å². The number of nitrogens with one attached hydrogen (secondary N) is 2. The summed E-state index contributed by atoms with van der Waals surface area (Å²) in [5.41, 5.74) is 0.0582. The van der Waals surface area contributed by atoms with Crippen LogP contribution in [0.25, 0.3) is 22.7 Å². The average molecular weight is 464 g/mol. The van der Waals surface area contributed by atoms with Gasteiger partial charge in [-0.25, -0.2) is 9.07 Å². The van der Waals surface area contributed by atoms with Crippen LogP contribution < -0.4 is 10.9 Å². The highest BCUT2D eigenvalue weighted by Gasteiger charge is 2.21. The molecule has 0 radical (unpaired) electrons. The van der Waals surface area contributed by atoms with E-state index in [0.29, 0.717) is 5.69 Å². The summed E-state index contributed by atoms with van der Waals surface area (Å²) in [5, 5.41) is 21.8. The summed E-state index contributed by atoms with van der Waals surface area (Å²) in [6.45, 7) is 1.64. The standard InChI is InChI=1S/C20H13FN8O5/c1-10-8-15(23-19(31)14-6-7-16(34-14)29(32)33)28(26-10)20-24-17-11(18(30)25-20)9-22-27(17)13-5-3-2-4-12(13)21/h2-9H,1H3,(H,23,31)(H,24,25,30). The lowest BCUT2D eigenvalue weighted by atomic mass is 10.3. The lowest BCUT2D eigenvalue weighted by Crippen LogP contribution is -2.19. The Labute approximate surface area is 187 Å². The van der Waals surface area contributed by atoms with Crippen molar-refractivity contribution in [2.45, 2.75) is 6.92 Å². The molecule has 0 aliphatic carbocycles. The maximum absolute atomic E-state index is 14.3. The first-order valence-corrected chi connectivity index (χ1v) is 9.67. The number of H-pyrrole nitrogens is 1. The van der Waals surface area contributed by atoms with Crippen LogP contribution in [0, 0.1) is 22.9 Å². The van der Waals surface area contributed by atoms with Gasteiger partial charge in [-0.15, -0.1) is 0 Å². The number of benzene rings is 1. The molecule has 2 N–H and O–H groups in total. The monoisotopic (exact) mass is 464 g/mol. The third-order valence-corrected chi connectivity index (χ3v) is 4.78. The summed E-state index contributed by atoms with van der Waals surface area (Å²) in [5.74, 6) is -2.22. The Morgan fingerprint density at radius 1 is 1.24 bits per heavy atom. The first kappa shape index (κ1) is 20.7. The SMILES string of the molecule is Cc1cc(NC(=O)c2ccc([N+](=O)[O-])o2)n(-c2nc3c(cnn3-c3ccccc3F)c(=O)[nH]2)n1. The number of carbonyl (C=O) groups is 1. The minimum atomic E-state index is -0.783. The number of furan rings is 1. The highest BCUT2D eigenvalue weighted by atomic mass is 19.1. The fraction of sp³-hybridized carbons (Fsp3) is 0.0500. The van der Waals surface area contributed by atoms with Crippen molar-refractivity contribution in [2.75, 3.05) is 5.32 Å². The number of rotatable bonds is 5. The molecule has 0 atom stereocenters. The predicted octanol–water partition coefficient (Wildman–Crippen LogP) is 2.50. The maximum atomic E-state index is 14.3. The largest absolute Gasteiger partial charge is 0.433 e. The zero-order chi connectivity index (χ0) is 24.0. The summed E-state index contributed by atoms with van der Waals surface area (Å²) in [7, 11) is 0. The van der Waals surface area contributed by atoms with Gasteiger partial charge in [0.15, 0.2) is 11.4 Å². The van der Waals surface area contributed by atoms with Gasteiger partial charge in [-0.2, -0.15) is 19.9 Å². The molecule has 0 bridgehead atoms. The molecule has 14 heteroatoms. The second kappa shape index (κ2) is 7.77. The van der Waals surface area contributed by atoms with Crippen LogP contribution in [-0.4, -0.2) is 40.4 Å². The van der Waals surface area contributed by atoms with E-state index in [1.807, 2.05) is 0 Å². The Bertz CT molecular complexity index is 1650. The van der Waals surface area contributed by atoms with Crippen LogP contribution in [-0.2, 0) is 0 Å². The molecule has 0 aliphatic rings. The van der Waals surface area contributed by atoms with E-state index in [-0.39, 0.29) is 34.2 Å². The first-order chi connectivity index (χ1) is 16.3. The maximum Gasteiger partial charge on any atom is 0.433 e. The number of para-hydroxylation sites is 1. The normalized spacial score (nSPS) is 11.1. The number of aromatic amines is 1. The molecule has 0 aliphatic heterocycles. The lowest BCUT2D eigenvalue weighted by molar-refractivity contribution is -0.402. The molecule has 0 saturated heterocycles. The van der Waals surface area contributed by atoms with Crippen molar-refractivity contribution in [2.24, 2.45) is 0 Å². The number of anilines is 1. The van der Waals surface area contributed by atoms with Crippen molar-refractivity contribution in [1.29, 1.82) is 0 Å². The van der Waals surface area contributed by atoms with Gasteiger partial charge in [0.2, 0.25) is 5.95 Å². The predicted molar refractivity (Wildman–Crippen MR) is 115 cm³/mol. The number of aromatic nitrogens is 6. The van der Waals surface area contributed by atoms with Gasteiger partial charge in [-0.05, 0) is 25.1 Å². The molecule has 34 heavy (non-hydrogen) atoms. The number of nitro groups is 1. The molecule has 1 aromatic carbocycles. The van der Waals surface area contributed by atoms with Crippen LogP contribution in [0.4, 0.5) is 16.1 Å². The number of hydrogen-bond acceptors (Lipinski definition) is 8. The van der Waals surface area contributed by atoms with Crippen LogP contribution in [0.3, 0.4) is 0 Å². The number of hydrogen-bond donors (Lipinski definition) is 2. The topological polar surface area (TPSA) is 167 Å². The fourth-order valence-electron chi connectivity index (χ4n) is 3.28. The highest BCUT2D eigenvalue weighted by molar-refractivity contribution is 6.02. The number of carbonyl (C=O) groups excluding carboxylic acids is 1.